The number of hydrogen-bond acceptors (Lipinski definition) is 4. The predicted molar refractivity (Wildman–Crippen MR) is 110 cm³/mol. The molecule has 1 aliphatic rings. The number of benzene rings is 1. The summed E-state index contributed by atoms with van der Waals surface area (Å²) < 4.78 is 0. The number of aromatic amines is 2. The van der Waals surface area contributed by atoms with Gasteiger partial charge >= 0.3 is 5.69 Å². The van der Waals surface area contributed by atoms with Crippen LogP contribution in [0.4, 0.5) is 5.69 Å². The molecule has 0 atom stereocenters. The lowest BCUT2D eigenvalue weighted by atomic mass is 9.82. The minimum Gasteiger partial charge on any atom is -0.379 e. The molecule has 0 spiro atoms. The van der Waals surface area contributed by atoms with Gasteiger partial charge < -0.3 is 15.6 Å². The van der Waals surface area contributed by atoms with E-state index < -0.39 is 17.2 Å². The number of H-pyrrole nitrogens is 2. The Balaban J connectivity index is 1.65. The van der Waals surface area contributed by atoms with Crippen LogP contribution in [0.1, 0.15) is 67.4 Å². The second kappa shape index (κ2) is 9.39. The quantitative estimate of drug-likeness (QED) is 0.551. The van der Waals surface area contributed by atoms with Gasteiger partial charge in [-0.2, -0.15) is 0 Å². The number of anilines is 1. The fourth-order valence-corrected chi connectivity index (χ4v) is 3.77. The first-order valence-corrected chi connectivity index (χ1v) is 10.0. The summed E-state index contributed by atoms with van der Waals surface area (Å²) in [5.74, 6) is 0.102. The van der Waals surface area contributed by atoms with Crippen LogP contribution >= 0.6 is 0 Å². The van der Waals surface area contributed by atoms with Gasteiger partial charge in [0.2, 0.25) is 0 Å². The predicted octanol–water partition coefficient (Wildman–Crippen LogP) is 2.73. The average Bonchev–Trinajstić information content (AvgIpc) is 2.70. The van der Waals surface area contributed by atoms with E-state index in [1.54, 1.807) is 0 Å². The van der Waals surface area contributed by atoms with Crippen molar-refractivity contribution in [3.05, 3.63) is 62.4 Å². The summed E-state index contributed by atoms with van der Waals surface area (Å²) >= 11 is 0. The molecule has 4 N–H and O–H groups in total. The highest BCUT2D eigenvalue weighted by Crippen LogP contribution is 2.32. The van der Waals surface area contributed by atoms with Gasteiger partial charge in [-0.1, -0.05) is 43.7 Å². The van der Waals surface area contributed by atoms with E-state index >= 15 is 0 Å². The number of carbonyl (C=O) groups excluding carboxylic acids is 1. The van der Waals surface area contributed by atoms with E-state index in [-0.39, 0.29) is 17.4 Å². The Kier molecular flexibility index (Phi) is 6.68. The summed E-state index contributed by atoms with van der Waals surface area (Å²) in [4.78, 5) is 41.2. The Labute approximate surface area is 164 Å². The molecule has 7 nitrogen and oxygen atoms in total. The zero-order valence-corrected chi connectivity index (χ0v) is 16.2. The fourth-order valence-electron chi connectivity index (χ4n) is 3.77. The van der Waals surface area contributed by atoms with Crippen LogP contribution in [0.5, 0.6) is 0 Å². The van der Waals surface area contributed by atoms with Crippen LogP contribution in [0.3, 0.4) is 0 Å². The van der Waals surface area contributed by atoms with E-state index in [2.05, 4.69) is 44.9 Å². The van der Waals surface area contributed by atoms with Gasteiger partial charge in [-0.25, -0.2) is 4.79 Å². The van der Waals surface area contributed by atoms with Gasteiger partial charge in [0.15, 0.2) is 0 Å². The Morgan fingerprint density at radius 2 is 1.79 bits per heavy atom. The first kappa shape index (κ1) is 19.9. The Hall–Kier alpha value is -2.83. The Morgan fingerprint density at radius 1 is 1.07 bits per heavy atom. The van der Waals surface area contributed by atoms with Crippen molar-refractivity contribution >= 4 is 11.6 Å². The minimum atomic E-state index is -0.677. The molecule has 0 saturated heterocycles. The lowest BCUT2D eigenvalue weighted by Gasteiger charge is -2.29. The monoisotopic (exact) mass is 384 g/mol. The van der Waals surface area contributed by atoms with Gasteiger partial charge in [0.1, 0.15) is 11.4 Å². The van der Waals surface area contributed by atoms with E-state index in [1.807, 2.05) is 13.0 Å². The second-order valence-electron chi connectivity index (χ2n) is 7.37. The largest absolute Gasteiger partial charge is 0.379 e. The summed E-state index contributed by atoms with van der Waals surface area (Å²) in [5.41, 5.74) is 0.230. The van der Waals surface area contributed by atoms with E-state index in [0.29, 0.717) is 12.5 Å². The lowest BCUT2D eigenvalue weighted by molar-refractivity contribution is 0.0921. The SMILES string of the molecule is CCCCNc1c(C(=O)N[C@H]2CC[C@@H](c3ccccc3)CC2)[nH]c(=O)[nH]c1=O. The van der Waals surface area contributed by atoms with Crippen LogP contribution in [0, 0.1) is 0 Å². The van der Waals surface area contributed by atoms with Crippen LogP contribution in [0.25, 0.3) is 0 Å². The van der Waals surface area contributed by atoms with Gasteiger partial charge in [-0.3, -0.25) is 14.6 Å². The van der Waals surface area contributed by atoms with Gasteiger partial charge in [0, 0.05) is 12.6 Å². The lowest BCUT2D eigenvalue weighted by Crippen LogP contribution is -2.40. The number of aromatic nitrogens is 2. The van der Waals surface area contributed by atoms with Crippen LogP contribution in [0.15, 0.2) is 39.9 Å². The molecule has 0 unspecified atom stereocenters. The zero-order valence-electron chi connectivity index (χ0n) is 16.2. The first-order valence-electron chi connectivity index (χ1n) is 10.0. The van der Waals surface area contributed by atoms with Crippen LogP contribution in [0.2, 0.25) is 0 Å². The van der Waals surface area contributed by atoms with E-state index in [0.717, 1.165) is 38.5 Å². The van der Waals surface area contributed by atoms with Gasteiger partial charge in [0.05, 0.1) is 0 Å². The highest BCUT2D eigenvalue weighted by molar-refractivity contribution is 5.97. The van der Waals surface area contributed by atoms with Crippen molar-refractivity contribution in [1.29, 1.82) is 0 Å². The number of nitrogens with one attached hydrogen (secondary N) is 4. The highest BCUT2D eigenvalue weighted by Gasteiger charge is 2.25. The normalized spacial score (nSPS) is 19.2. The van der Waals surface area contributed by atoms with Crippen molar-refractivity contribution in [2.75, 3.05) is 11.9 Å². The summed E-state index contributed by atoms with van der Waals surface area (Å²) in [7, 11) is 0. The fraction of sp³-hybridized carbons (Fsp3) is 0.476. The molecule has 1 fully saturated rings. The van der Waals surface area contributed by atoms with Gasteiger partial charge in [0.25, 0.3) is 11.5 Å². The third kappa shape index (κ3) is 4.91. The van der Waals surface area contributed by atoms with Gasteiger partial charge in [-0.05, 0) is 43.6 Å². The molecule has 1 saturated carbocycles. The average molecular weight is 384 g/mol. The number of unbranched alkanes of at least 4 members (excludes halogenated alkanes) is 1. The number of carbonyl (C=O) groups is 1. The van der Waals surface area contributed by atoms with E-state index in [9.17, 15) is 14.4 Å². The van der Waals surface area contributed by atoms with Crippen molar-refractivity contribution in [3.63, 3.8) is 0 Å². The standard InChI is InChI=1S/C21H28N4O3/c1-2-3-13-22-17-18(24-21(28)25-19(17)26)20(27)23-16-11-9-15(10-12-16)14-7-5-4-6-8-14/h4-8,15-16,22H,2-3,9-13H2,1H3,(H,23,27)(H2,24,25,26,28)/t15-,16+. The van der Waals surface area contributed by atoms with E-state index in [1.165, 1.54) is 5.56 Å². The third-order valence-electron chi connectivity index (χ3n) is 5.34. The number of amides is 1. The van der Waals surface area contributed by atoms with Crippen molar-refractivity contribution in [2.45, 2.75) is 57.4 Å². The summed E-state index contributed by atoms with van der Waals surface area (Å²) in [6, 6.07) is 10.5. The minimum absolute atomic E-state index is 0.00929. The molecule has 0 aliphatic heterocycles. The maximum atomic E-state index is 12.7. The van der Waals surface area contributed by atoms with Crippen molar-refractivity contribution < 1.29 is 4.79 Å². The van der Waals surface area contributed by atoms with Crippen LogP contribution < -0.4 is 21.9 Å². The van der Waals surface area contributed by atoms with Crippen LogP contribution in [-0.4, -0.2) is 28.5 Å². The molecule has 7 heteroatoms. The molecule has 1 aromatic carbocycles. The molecule has 3 rings (SSSR count). The smallest absolute Gasteiger partial charge is 0.326 e. The second-order valence-corrected chi connectivity index (χ2v) is 7.37. The summed E-state index contributed by atoms with van der Waals surface area (Å²) in [6.45, 7) is 2.60. The van der Waals surface area contributed by atoms with Crippen molar-refractivity contribution in [3.8, 4) is 0 Å². The maximum absolute atomic E-state index is 12.7. The molecule has 28 heavy (non-hydrogen) atoms. The van der Waals surface area contributed by atoms with Gasteiger partial charge in [-0.15, -0.1) is 0 Å². The topological polar surface area (TPSA) is 107 Å². The van der Waals surface area contributed by atoms with E-state index in [4.69, 9.17) is 0 Å². The Bertz CT molecular complexity index is 896. The molecule has 0 radical (unpaired) electrons. The highest BCUT2D eigenvalue weighted by atomic mass is 16.2. The summed E-state index contributed by atoms with van der Waals surface area (Å²) in [5, 5.41) is 5.97. The molecule has 0 bridgehead atoms. The number of hydrogen-bond donors (Lipinski definition) is 4. The molecule has 1 aliphatic carbocycles. The zero-order chi connectivity index (χ0) is 19.9. The molecule has 1 amide bonds. The molecule has 2 aromatic rings. The Morgan fingerprint density at radius 3 is 2.46 bits per heavy atom. The summed E-state index contributed by atoms with van der Waals surface area (Å²) in [6.07, 6.45) is 5.57. The molecular weight excluding hydrogens is 356 g/mol. The van der Waals surface area contributed by atoms with Crippen molar-refractivity contribution in [2.24, 2.45) is 0 Å². The molecule has 150 valence electrons. The molecular formula is C21H28N4O3. The number of rotatable bonds is 7. The first-order chi connectivity index (χ1) is 13.6. The third-order valence-corrected chi connectivity index (χ3v) is 5.34. The van der Waals surface area contributed by atoms with Crippen LogP contribution in [-0.2, 0) is 0 Å². The molecule has 1 aromatic heterocycles. The molecule has 1 heterocycles. The maximum Gasteiger partial charge on any atom is 0.326 e. The van der Waals surface area contributed by atoms with Crippen molar-refractivity contribution in [1.82, 2.24) is 15.3 Å².